The molecule has 0 bridgehead atoms. The summed E-state index contributed by atoms with van der Waals surface area (Å²) in [5.74, 6) is 0.817. The molecule has 0 aliphatic carbocycles. The van der Waals surface area contributed by atoms with Crippen LogP contribution in [0.15, 0.2) is 60.9 Å². The van der Waals surface area contributed by atoms with Crippen LogP contribution in [0.3, 0.4) is 0 Å². The second-order valence-corrected chi connectivity index (χ2v) is 5.39. The first kappa shape index (κ1) is 15.4. The number of nitro groups is 1. The molecule has 6 nitrogen and oxygen atoms in total. The Labute approximate surface area is 138 Å². The number of nitriles is 1. The van der Waals surface area contributed by atoms with Crippen molar-refractivity contribution in [2.75, 3.05) is 0 Å². The van der Waals surface area contributed by atoms with Crippen LogP contribution in [-0.2, 0) is 13.0 Å². The molecule has 1 heterocycles. The molecule has 2 aromatic carbocycles. The molecule has 1 aromatic heterocycles. The number of nitrogens with zero attached hydrogens (tertiary/aromatic N) is 4. The van der Waals surface area contributed by atoms with E-state index in [0.29, 0.717) is 18.5 Å². The van der Waals surface area contributed by atoms with Crippen LogP contribution in [0.5, 0.6) is 0 Å². The zero-order valence-corrected chi connectivity index (χ0v) is 12.8. The topological polar surface area (TPSA) is 84.8 Å². The van der Waals surface area contributed by atoms with Gasteiger partial charge in [0.25, 0.3) is 5.69 Å². The summed E-state index contributed by atoms with van der Waals surface area (Å²) in [5, 5.41) is 19.9. The maximum absolute atomic E-state index is 10.9. The van der Waals surface area contributed by atoms with Crippen LogP contribution in [0.2, 0.25) is 0 Å². The van der Waals surface area contributed by atoms with Crippen LogP contribution in [-0.4, -0.2) is 14.5 Å². The van der Waals surface area contributed by atoms with E-state index in [2.05, 4.69) is 11.1 Å². The molecule has 6 heteroatoms. The maximum atomic E-state index is 10.9. The number of nitro benzene ring substituents is 1. The number of rotatable bonds is 5. The number of hydrogen-bond donors (Lipinski definition) is 0. The molecule has 0 saturated heterocycles. The Balaban J connectivity index is 1.82. The van der Waals surface area contributed by atoms with Gasteiger partial charge in [0.2, 0.25) is 0 Å². The second kappa shape index (κ2) is 6.75. The van der Waals surface area contributed by atoms with E-state index in [9.17, 15) is 10.1 Å². The largest absolute Gasteiger partial charge is 0.330 e. The molecule has 0 N–H and O–H groups in total. The molecule has 0 amide bonds. The van der Waals surface area contributed by atoms with Crippen LogP contribution in [0.4, 0.5) is 5.69 Å². The zero-order chi connectivity index (χ0) is 16.9. The SMILES string of the molecule is N#Cc1cccc(Cn2ccnc2Cc2cccc([N+](=O)[O-])c2)c1. The third kappa shape index (κ3) is 3.47. The molecular weight excluding hydrogens is 304 g/mol. The maximum Gasteiger partial charge on any atom is 0.269 e. The minimum atomic E-state index is -0.399. The number of hydrogen-bond acceptors (Lipinski definition) is 4. The molecule has 0 spiro atoms. The van der Waals surface area contributed by atoms with Gasteiger partial charge in [0.1, 0.15) is 5.82 Å². The van der Waals surface area contributed by atoms with Crippen molar-refractivity contribution in [3.05, 3.63) is 93.6 Å². The summed E-state index contributed by atoms with van der Waals surface area (Å²) in [5.41, 5.74) is 2.54. The minimum absolute atomic E-state index is 0.0762. The highest BCUT2D eigenvalue weighted by Crippen LogP contribution is 2.16. The third-order valence-electron chi connectivity index (χ3n) is 3.69. The zero-order valence-electron chi connectivity index (χ0n) is 12.8. The lowest BCUT2D eigenvalue weighted by Gasteiger charge is -2.08. The van der Waals surface area contributed by atoms with E-state index >= 15 is 0 Å². The Bertz CT molecular complexity index is 925. The molecule has 0 aliphatic rings. The van der Waals surface area contributed by atoms with Gasteiger partial charge in [-0.3, -0.25) is 10.1 Å². The van der Waals surface area contributed by atoms with Crippen molar-refractivity contribution in [3.8, 4) is 6.07 Å². The summed E-state index contributed by atoms with van der Waals surface area (Å²) >= 11 is 0. The van der Waals surface area contributed by atoms with E-state index in [1.807, 2.05) is 35.0 Å². The fourth-order valence-corrected chi connectivity index (χ4v) is 2.55. The summed E-state index contributed by atoms with van der Waals surface area (Å²) in [4.78, 5) is 14.8. The summed E-state index contributed by atoms with van der Waals surface area (Å²) in [6.07, 6.45) is 4.08. The summed E-state index contributed by atoms with van der Waals surface area (Å²) in [7, 11) is 0. The lowest BCUT2D eigenvalue weighted by Crippen LogP contribution is -2.05. The number of imidazole rings is 1. The second-order valence-electron chi connectivity index (χ2n) is 5.39. The van der Waals surface area contributed by atoms with E-state index in [0.717, 1.165) is 17.0 Å². The first-order chi connectivity index (χ1) is 11.7. The fraction of sp³-hybridized carbons (Fsp3) is 0.111. The highest BCUT2D eigenvalue weighted by Gasteiger charge is 2.09. The van der Waals surface area contributed by atoms with Crippen molar-refractivity contribution in [2.24, 2.45) is 0 Å². The van der Waals surface area contributed by atoms with Crippen molar-refractivity contribution in [3.63, 3.8) is 0 Å². The molecule has 0 saturated carbocycles. The van der Waals surface area contributed by atoms with E-state index in [1.54, 1.807) is 24.4 Å². The number of aromatic nitrogens is 2. The van der Waals surface area contributed by atoms with E-state index in [-0.39, 0.29) is 5.69 Å². The molecule has 24 heavy (non-hydrogen) atoms. The van der Waals surface area contributed by atoms with E-state index in [1.165, 1.54) is 6.07 Å². The third-order valence-corrected chi connectivity index (χ3v) is 3.69. The Kier molecular flexibility index (Phi) is 4.34. The van der Waals surface area contributed by atoms with Crippen LogP contribution in [0.1, 0.15) is 22.5 Å². The Morgan fingerprint density at radius 3 is 2.75 bits per heavy atom. The lowest BCUT2D eigenvalue weighted by atomic mass is 10.1. The Morgan fingerprint density at radius 2 is 1.96 bits per heavy atom. The van der Waals surface area contributed by atoms with E-state index < -0.39 is 4.92 Å². The minimum Gasteiger partial charge on any atom is -0.330 e. The molecule has 0 radical (unpaired) electrons. The highest BCUT2D eigenvalue weighted by molar-refractivity contribution is 5.36. The summed E-state index contributed by atoms with van der Waals surface area (Å²) < 4.78 is 1.98. The predicted molar refractivity (Wildman–Crippen MR) is 88.4 cm³/mol. The van der Waals surface area contributed by atoms with Crippen LogP contribution in [0.25, 0.3) is 0 Å². The molecule has 3 aromatic rings. The molecule has 3 rings (SSSR count). The number of non-ortho nitro benzene ring substituents is 1. The van der Waals surface area contributed by atoms with Gasteiger partial charge in [-0.25, -0.2) is 4.98 Å². The van der Waals surface area contributed by atoms with Gasteiger partial charge in [-0.2, -0.15) is 5.26 Å². The van der Waals surface area contributed by atoms with Gasteiger partial charge in [-0.15, -0.1) is 0 Å². The van der Waals surface area contributed by atoms with E-state index in [4.69, 9.17) is 5.26 Å². The van der Waals surface area contributed by atoms with Crippen molar-refractivity contribution in [1.29, 1.82) is 5.26 Å². The predicted octanol–water partition coefficient (Wildman–Crippen LogP) is 3.30. The Hall–Kier alpha value is -3.46. The molecule has 118 valence electrons. The average molecular weight is 318 g/mol. The van der Waals surface area contributed by atoms with Crippen molar-refractivity contribution in [2.45, 2.75) is 13.0 Å². The standard InChI is InChI=1S/C18H14N4O2/c19-12-15-4-1-5-16(9-15)13-21-8-7-20-18(21)11-14-3-2-6-17(10-14)22(23)24/h1-10H,11,13H2. The summed E-state index contributed by atoms with van der Waals surface area (Å²) in [6, 6.07) is 16.1. The van der Waals surface area contributed by atoms with Gasteiger partial charge in [-0.1, -0.05) is 24.3 Å². The van der Waals surface area contributed by atoms with Gasteiger partial charge in [0, 0.05) is 37.5 Å². The highest BCUT2D eigenvalue weighted by atomic mass is 16.6. The van der Waals surface area contributed by atoms with Gasteiger partial charge in [-0.05, 0) is 23.3 Å². The van der Waals surface area contributed by atoms with Crippen molar-refractivity contribution >= 4 is 5.69 Å². The van der Waals surface area contributed by atoms with Crippen LogP contribution in [0, 0.1) is 21.4 Å². The number of benzene rings is 2. The molecule has 0 unspecified atom stereocenters. The lowest BCUT2D eigenvalue weighted by molar-refractivity contribution is -0.384. The van der Waals surface area contributed by atoms with Crippen LogP contribution < -0.4 is 0 Å². The van der Waals surface area contributed by atoms with Gasteiger partial charge in [0.05, 0.1) is 16.6 Å². The Morgan fingerprint density at radius 1 is 1.17 bits per heavy atom. The molecule has 0 fully saturated rings. The van der Waals surface area contributed by atoms with Gasteiger partial charge >= 0.3 is 0 Å². The average Bonchev–Trinajstić information content (AvgIpc) is 3.02. The first-order valence-electron chi connectivity index (χ1n) is 7.38. The van der Waals surface area contributed by atoms with Crippen LogP contribution >= 0.6 is 0 Å². The smallest absolute Gasteiger partial charge is 0.269 e. The first-order valence-corrected chi connectivity index (χ1v) is 7.38. The molecule has 0 aliphatic heterocycles. The molecular formula is C18H14N4O2. The van der Waals surface area contributed by atoms with Gasteiger partial charge in [0.15, 0.2) is 0 Å². The van der Waals surface area contributed by atoms with Crippen molar-refractivity contribution < 1.29 is 4.92 Å². The quantitative estimate of drug-likeness (QED) is 0.533. The fourth-order valence-electron chi connectivity index (χ4n) is 2.55. The normalized spacial score (nSPS) is 10.3. The van der Waals surface area contributed by atoms with Gasteiger partial charge < -0.3 is 4.57 Å². The summed E-state index contributed by atoms with van der Waals surface area (Å²) in [6.45, 7) is 0.597. The van der Waals surface area contributed by atoms with Crippen molar-refractivity contribution in [1.82, 2.24) is 9.55 Å². The monoisotopic (exact) mass is 318 g/mol. The molecule has 0 atom stereocenters.